The van der Waals surface area contributed by atoms with Gasteiger partial charge in [0.05, 0.1) is 0 Å². The number of hydrogen-bond donors (Lipinski definition) is 1. The second-order valence-corrected chi connectivity index (χ2v) is 5.88. The Morgan fingerprint density at radius 3 is 2.44 bits per heavy atom. The summed E-state index contributed by atoms with van der Waals surface area (Å²) in [5, 5.41) is 9.17. The number of ether oxygens (including phenoxy) is 1. The Morgan fingerprint density at radius 1 is 1.39 bits per heavy atom. The molecule has 0 aromatic heterocycles. The van der Waals surface area contributed by atoms with Gasteiger partial charge in [-0.25, -0.2) is 9.59 Å². The average Bonchev–Trinajstić information content (AvgIpc) is 2.59. The molecule has 5 heteroatoms. The third kappa shape index (κ3) is 3.89. The third-order valence-electron chi connectivity index (χ3n) is 3.00. The van der Waals surface area contributed by atoms with E-state index in [2.05, 4.69) is 6.92 Å². The zero-order chi connectivity index (χ0) is 13.9. The van der Waals surface area contributed by atoms with Crippen molar-refractivity contribution in [3.8, 4) is 0 Å². The number of aliphatic carboxylic acids is 1. The van der Waals surface area contributed by atoms with Crippen LogP contribution in [0.5, 0.6) is 0 Å². The Kier molecular flexibility index (Phi) is 4.59. The van der Waals surface area contributed by atoms with E-state index in [-0.39, 0.29) is 5.92 Å². The van der Waals surface area contributed by atoms with Crippen LogP contribution in [0.3, 0.4) is 0 Å². The van der Waals surface area contributed by atoms with E-state index in [9.17, 15) is 9.59 Å². The lowest BCUT2D eigenvalue weighted by atomic mass is 10.0. The number of carboxylic acid groups (broad SMARTS) is 1. The van der Waals surface area contributed by atoms with Crippen LogP contribution in [-0.4, -0.2) is 40.3 Å². The second-order valence-electron chi connectivity index (χ2n) is 5.88. The molecule has 1 N–H and O–H groups in total. The molecule has 0 aliphatic carbocycles. The molecule has 1 fully saturated rings. The van der Waals surface area contributed by atoms with Gasteiger partial charge < -0.3 is 9.84 Å². The number of carboxylic acids is 1. The van der Waals surface area contributed by atoms with Gasteiger partial charge in [0.25, 0.3) is 0 Å². The van der Waals surface area contributed by atoms with Crippen molar-refractivity contribution in [3.05, 3.63) is 0 Å². The summed E-state index contributed by atoms with van der Waals surface area (Å²) in [6.45, 7) is 7.88. The molecule has 104 valence electrons. The highest BCUT2D eigenvalue weighted by Gasteiger charge is 2.40. The number of nitrogens with zero attached hydrogens (tertiary/aromatic N) is 1. The van der Waals surface area contributed by atoms with Crippen molar-refractivity contribution >= 4 is 12.1 Å². The Labute approximate surface area is 108 Å². The van der Waals surface area contributed by atoms with Crippen LogP contribution in [-0.2, 0) is 9.53 Å². The topological polar surface area (TPSA) is 66.8 Å². The minimum absolute atomic E-state index is 0.267. The number of hydrogen-bond acceptors (Lipinski definition) is 3. The number of carbonyl (C=O) groups is 2. The standard InChI is InChI=1S/C13H23NO4/c1-5-6-9-7-10(11(15)16)14(8-9)12(17)18-13(2,3)4/h9-10H,5-8H2,1-4H3,(H,15,16)/t9-,10-/m0/s1. The lowest BCUT2D eigenvalue weighted by Crippen LogP contribution is -2.43. The highest BCUT2D eigenvalue weighted by molar-refractivity contribution is 5.80. The second kappa shape index (κ2) is 5.59. The van der Waals surface area contributed by atoms with Crippen LogP contribution in [0.1, 0.15) is 47.0 Å². The van der Waals surface area contributed by atoms with E-state index < -0.39 is 23.7 Å². The van der Waals surface area contributed by atoms with E-state index in [4.69, 9.17) is 9.84 Å². The predicted octanol–water partition coefficient (Wildman–Crippen LogP) is 2.50. The maximum atomic E-state index is 12.0. The summed E-state index contributed by atoms with van der Waals surface area (Å²) in [6, 6.07) is -0.739. The quantitative estimate of drug-likeness (QED) is 0.843. The number of likely N-dealkylation sites (tertiary alicyclic amines) is 1. The molecule has 2 atom stereocenters. The highest BCUT2D eigenvalue weighted by atomic mass is 16.6. The van der Waals surface area contributed by atoms with Gasteiger partial charge in [0.15, 0.2) is 0 Å². The molecular formula is C13H23NO4. The largest absolute Gasteiger partial charge is 0.480 e. The minimum atomic E-state index is -0.945. The predicted molar refractivity (Wildman–Crippen MR) is 67.4 cm³/mol. The maximum absolute atomic E-state index is 12.0. The lowest BCUT2D eigenvalue weighted by molar-refractivity contribution is -0.142. The van der Waals surface area contributed by atoms with E-state index in [1.54, 1.807) is 20.8 Å². The van der Waals surface area contributed by atoms with Crippen molar-refractivity contribution in [3.63, 3.8) is 0 Å². The van der Waals surface area contributed by atoms with Crippen molar-refractivity contribution in [1.82, 2.24) is 4.90 Å². The number of rotatable bonds is 3. The van der Waals surface area contributed by atoms with Gasteiger partial charge in [-0.15, -0.1) is 0 Å². The molecule has 1 saturated heterocycles. The van der Waals surface area contributed by atoms with Crippen LogP contribution in [0.15, 0.2) is 0 Å². The van der Waals surface area contributed by atoms with Gasteiger partial charge >= 0.3 is 12.1 Å². The monoisotopic (exact) mass is 257 g/mol. The van der Waals surface area contributed by atoms with E-state index in [1.165, 1.54) is 4.90 Å². The molecule has 1 heterocycles. The summed E-state index contributed by atoms with van der Waals surface area (Å²) < 4.78 is 5.25. The zero-order valence-corrected chi connectivity index (χ0v) is 11.6. The fraction of sp³-hybridized carbons (Fsp3) is 0.846. The lowest BCUT2D eigenvalue weighted by Gasteiger charge is -2.26. The van der Waals surface area contributed by atoms with E-state index in [1.807, 2.05) is 0 Å². The van der Waals surface area contributed by atoms with Gasteiger partial charge in [0.1, 0.15) is 11.6 Å². The first-order valence-corrected chi connectivity index (χ1v) is 6.47. The summed E-state index contributed by atoms with van der Waals surface area (Å²) in [6.07, 6.45) is 1.96. The van der Waals surface area contributed by atoms with Crippen LogP contribution in [0.2, 0.25) is 0 Å². The van der Waals surface area contributed by atoms with Gasteiger partial charge in [-0.2, -0.15) is 0 Å². The molecule has 1 rings (SSSR count). The summed E-state index contributed by atoms with van der Waals surface area (Å²) in [4.78, 5) is 24.5. The minimum Gasteiger partial charge on any atom is -0.480 e. The molecule has 0 aromatic carbocycles. The van der Waals surface area contributed by atoms with E-state index in [0.29, 0.717) is 13.0 Å². The Morgan fingerprint density at radius 2 is 2.00 bits per heavy atom. The Balaban J connectivity index is 2.72. The van der Waals surface area contributed by atoms with Crippen molar-refractivity contribution in [2.45, 2.75) is 58.6 Å². The fourth-order valence-electron chi connectivity index (χ4n) is 2.30. The van der Waals surface area contributed by atoms with E-state index in [0.717, 1.165) is 12.8 Å². The average molecular weight is 257 g/mol. The summed E-state index contributed by atoms with van der Waals surface area (Å²) >= 11 is 0. The molecule has 0 spiro atoms. The highest BCUT2D eigenvalue weighted by Crippen LogP contribution is 2.28. The molecule has 0 unspecified atom stereocenters. The third-order valence-corrected chi connectivity index (χ3v) is 3.00. The van der Waals surface area contributed by atoms with Gasteiger partial charge in [0, 0.05) is 6.54 Å². The molecule has 0 bridgehead atoms. The SMILES string of the molecule is CCC[C@H]1C[C@@H](C(=O)O)N(C(=O)OC(C)(C)C)C1. The van der Waals surface area contributed by atoms with Gasteiger partial charge in [-0.05, 0) is 39.5 Å². The summed E-state index contributed by atoms with van der Waals surface area (Å²) in [7, 11) is 0. The summed E-state index contributed by atoms with van der Waals surface area (Å²) in [5.41, 5.74) is -0.594. The van der Waals surface area contributed by atoms with Crippen LogP contribution < -0.4 is 0 Å². The van der Waals surface area contributed by atoms with Crippen molar-refractivity contribution < 1.29 is 19.4 Å². The van der Waals surface area contributed by atoms with Crippen LogP contribution in [0.25, 0.3) is 0 Å². The molecule has 1 aliphatic rings. The Hall–Kier alpha value is -1.26. The molecule has 1 aliphatic heterocycles. The Bertz CT molecular complexity index is 321. The van der Waals surface area contributed by atoms with E-state index >= 15 is 0 Å². The molecule has 18 heavy (non-hydrogen) atoms. The normalized spacial score (nSPS) is 24.1. The maximum Gasteiger partial charge on any atom is 0.411 e. The van der Waals surface area contributed by atoms with Crippen molar-refractivity contribution in [2.24, 2.45) is 5.92 Å². The number of amides is 1. The first-order chi connectivity index (χ1) is 8.24. The van der Waals surface area contributed by atoms with Crippen LogP contribution >= 0.6 is 0 Å². The molecular weight excluding hydrogens is 234 g/mol. The molecule has 0 radical (unpaired) electrons. The first kappa shape index (κ1) is 14.8. The zero-order valence-electron chi connectivity index (χ0n) is 11.6. The van der Waals surface area contributed by atoms with Crippen molar-refractivity contribution in [2.75, 3.05) is 6.54 Å². The van der Waals surface area contributed by atoms with Crippen LogP contribution in [0.4, 0.5) is 4.79 Å². The number of carbonyl (C=O) groups excluding carboxylic acids is 1. The van der Waals surface area contributed by atoms with Gasteiger partial charge in [0.2, 0.25) is 0 Å². The fourth-order valence-corrected chi connectivity index (χ4v) is 2.30. The summed E-state index contributed by atoms with van der Waals surface area (Å²) in [5.74, 6) is -0.678. The molecule has 1 amide bonds. The van der Waals surface area contributed by atoms with Crippen molar-refractivity contribution in [1.29, 1.82) is 0 Å². The van der Waals surface area contributed by atoms with Crippen LogP contribution in [0, 0.1) is 5.92 Å². The smallest absolute Gasteiger partial charge is 0.411 e. The van der Waals surface area contributed by atoms with Gasteiger partial charge in [-0.1, -0.05) is 13.3 Å². The molecule has 0 aromatic rings. The molecule has 0 saturated carbocycles. The molecule has 5 nitrogen and oxygen atoms in total. The van der Waals surface area contributed by atoms with Gasteiger partial charge in [-0.3, -0.25) is 4.90 Å². The first-order valence-electron chi connectivity index (χ1n) is 6.47.